The van der Waals surface area contributed by atoms with Crippen LogP contribution in [0.3, 0.4) is 0 Å². The van der Waals surface area contributed by atoms with E-state index in [0.717, 1.165) is 19.4 Å². The van der Waals surface area contributed by atoms with Gasteiger partial charge in [0.25, 0.3) is 5.91 Å². The first-order valence-electron chi connectivity index (χ1n) is 8.90. The Bertz CT molecular complexity index is 915. The van der Waals surface area contributed by atoms with Gasteiger partial charge in [0.1, 0.15) is 5.56 Å². The molecular weight excluding hydrogens is 330 g/mol. The van der Waals surface area contributed by atoms with E-state index < -0.39 is 0 Å². The summed E-state index contributed by atoms with van der Waals surface area (Å²) in [7, 11) is 4.11. The number of amides is 1. The van der Waals surface area contributed by atoms with Crippen LogP contribution in [-0.2, 0) is 7.05 Å². The minimum absolute atomic E-state index is 0.129. The lowest BCUT2D eigenvalue weighted by Crippen LogP contribution is -2.42. The zero-order valence-electron chi connectivity index (χ0n) is 15.0. The molecule has 4 heterocycles. The predicted molar refractivity (Wildman–Crippen MR) is 96.6 cm³/mol. The second-order valence-electron chi connectivity index (χ2n) is 6.86. The van der Waals surface area contributed by atoms with Gasteiger partial charge in [-0.3, -0.25) is 14.4 Å². The molecule has 0 radical (unpaired) electrons. The molecule has 8 heteroatoms. The predicted octanol–water partition coefficient (Wildman–Crippen LogP) is 1.28. The molecule has 0 spiro atoms. The molecule has 0 unspecified atom stereocenters. The molecule has 26 heavy (non-hydrogen) atoms. The van der Waals surface area contributed by atoms with Crippen molar-refractivity contribution in [2.45, 2.75) is 18.9 Å². The van der Waals surface area contributed by atoms with E-state index in [1.807, 2.05) is 17.9 Å². The van der Waals surface area contributed by atoms with Crippen molar-refractivity contribution in [2.75, 3.05) is 20.1 Å². The number of rotatable bonds is 4. The average molecular weight is 353 g/mol. The number of piperidine rings is 1. The third-order valence-corrected chi connectivity index (χ3v) is 5.22. The molecule has 1 N–H and O–H groups in total. The maximum absolute atomic E-state index is 12.7. The van der Waals surface area contributed by atoms with E-state index in [0.29, 0.717) is 23.7 Å². The van der Waals surface area contributed by atoms with Gasteiger partial charge in [-0.05, 0) is 44.5 Å². The van der Waals surface area contributed by atoms with Crippen molar-refractivity contribution in [3.63, 3.8) is 0 Å². The number of aromatic nitrogens is 5. The first-order valence-corrected chi connectivity index (χ1v) is 8.90. The van der Waals surface area contributed by atoms with E-state index in [2.05, 4.69) is 38.5 Å². The molecule has 3 aromatic heterocycles. The van der Waals surface area contributed by atoms with Gasteiger partial charge in [-0.1, -0.05) is 0 Å². The van der Waals surface area contributed by atoms with Crippen LogP contribution >= 0.6 is 0 Å². The smallest absolute Gasteiger partial charge is 0.256 e. The summed E-state index contributed by atoms with van der Waals surface area (Å²) in [6.45, 7) is 1.67. The lowest BCUT2D eigenvalue weighted by molar-refractivity contribution is 0.0881. The summed E-state index contributed by atoms with van der Waals surface area (Å²) in [6.07, 6.45) is 9.06. The molecule has 1 aliphatic heterocycles. The van der Waals surface area contributed by atoms with E-state index in [1.54, 1.807) is 29.2 Å². The first-order chi connectivity index (χ1) is 12.6. The van der Waals surface area contributed by atoms with Crippen molar-refractivity contribution >= 4 is 11.6 Å². The van der Waals surface area contributed by atoms with Gasteiger partial charge >= 0.3 is 0 Å². The van der Waals surface area contributed by atoms with Crippen molar-refractivity contribution in [1.29, 1.82) is 0 Å². The molecule has 1 amide bonds. The van der Waals surface area contributed by atoms with E-state index in [9.17, 15) is 4.79 Å². The van der Waals surface area contributed by atoms with Crippen LogP contribution in [0, 0.1) is 5.92 Å². The van der Waals surface area contributed by atoms with Crippen LogP contribution in [0.15, 0.2) is 36.9 Å². The summed E-state index contributed by atoms with van der Waals surface area (Å²) < 4.78 is 3.54. The minimum atomic E-state index is -0.129. The molecule has 0 aromatic carbocycles. The van der Waals surface area contributed by atoms with Crippen molar-refractivity contribution in [3.05, 3.63) is 48.2 Å². The van der Waals surface area contributed by atoms with Gasteiger partial charge in [0.15, 0.2) is 5.65 Å². The third kappa shape index (κ3) is 2.96. The highest BCUT2D eigenvalue weighted by Crippen LogP contribution is 2.34. The third-order valence-electron chi connectivity index (χ3n) is 5.22. The highest BCUT2D eigenvalue weighted by atomic mass is 16.1. The SMILES string of the molecule is CN1CCC[C@@H](CNC(=O)c2cnn3cccnc23)[C@@H]1c1ccnn1C. The monoisotopic (exact) mass is 353 g/mol. The molecule has 2 atom stereocenters. The Morgan fingerprint density at radius 1 is 1.31 bits per heavy atom. The number of likely N-dealkylation sites (tertiary alicyclic amines) is 1. The highest BCUT2D eigenvalue weighted by molar-refractivity contribution is 5.99. The summed E-state index contributed by atoms with van der Waals surface area (Å²) in [6, 6.07) is 4.10. The number of hydrogen-bond acceptors (Lipinski definition) is 5. The Hall–Kier alpha value is -2.74. The average Bonchev–Trinajstić information content (AvgIpc) is 3.26. The second kappa shape index (κ2) is 6.87. The quantitative estimate of drug-likeness (QED) is 0.764. The largest absolute Gasteiger partial charge is 0.352 e. The standard InChI is InChI=1S/C18H23N7O/c1-23-9-3-5-13(16(23)15-6-8-21-24(15)2)11-20-18(26)14-12-22-25-10-4-7-19-17(14)25/h4,6-8,10,12-13,16H,3,5,9,11H2,1-2H3,(H,20,26)/t13-,16+/m0/s1. The topological polar surface area (TPSA) is 80.3 Å². The van der Waals surface area contributed by atoms with Crippen LogP contribution < -0.4 is 5.32 Å². The summed E-state index contributed by atoms with van der Waals surface area (Å²) in [5.41, 5.74) is 2.27. The summed E-state index contributed by atoms with van der Waals surface area (Å²) in [4.78, 5) is 19.3. The molecule has 8 nitrogen and oxygen atoms in total. The molecule has 3 aromatic rings. The number of carbonyl (C=O) groups is 1. The van der Waals surface area contributed by atoms with Crippen LogP contribution in [0.25, 0.3) is 5.65 Å². The zero-order valence-corrected chi connectivity index (χ0v) is 15.0. The zero-order chi connectivity index (χ0) is 18.1. The second-order valence-corrected chi connectivity index (χ2v) is 6.86. The molecule has 136 valence electrons. The number of fused-ring (bicyclic) bond motifs is 1. The number of nitrogens with zero attached hydrogens (tertiary/aromatic N) is 6. The maximum atomic E-state index is 12.7. The molecule has 0 saturated carbocycles. The number of aryl methyl sites for hydroxylation is 1. The fourth-order valence-corrected chi connectivity index (χ4v) is 3.92. The first kappa shape index (κ1) is 16.7. The van der Waals surface area contributed by atoms with Gasteiger partial charge in [0, 0.05) is 32.2 Å². The molecular formula is C18H23N7O. The van der Waals surface area contributed by atoms with Gasteiger partial charge in [0.2, 0.25) is 0 Å². The van der Waals surface area contributed by atoms with Crippen LogP contribution in [0.5, 0.6) is 0 Å². The number of carbonyl (C=O) groups excluding carboxylic acids is 1. The van der Waals surface area contributed by atoms with Gasteiger partial charge in [0.05, 0.1) is 17.9 Å². The van der Waals surface area contributed by atoms with Crippen LogP contribution in [0.4, 0.5) is 0 Å². The van der Waals surface area contributed by atoms with Crippen LogP contribution in [0.1, 0.15) is 34.9 Å². The summed E-state index contributed by atoms with van der Waals surface area (Å²) in [5.74, 6) is 0.207. The molecule has 1 saturated heterocycles. The molecule has 0 bridgehead atoms. The number of hydrogen-bond donors (Lipinski definition) is 1. The molecule has 1 fully saturated rings. The Labute approximate surface area is 151 Å². The fourth-order valence-electron chi connectivity index (χ4n) is 3.92. The van der Waals surface area contributed by atoms with E-state index in [-0.39, 0.29) is 11.9 Å². The summed E-state index contributed by atoms with van der Waals surface area (Å²) >= 11 is 0. The van der Waals surface area contributed by atoms with Crippen molar-refractivity contribution in [2.24, 2.45) is 13.0 Å². The van der Waals surface area contributed by atoms with Gasteiger partial charge < -0.3 is 5.32 Å². The van der Waals surface area contributed by atoms with Crippen molar-refractivity contribution in [3.8, 4) is 0 Å². The van der Waals surface area contributed by atoms with Gasteiger partial charge in [-0.15, -0.1) is 0 Å². The van der Waals surface area contributed by atoms with E-state index in [4.69, 9.17) is 0 Å². The Morgan fingerprint density at radius 2 is 2.19 bits per heavy atom. The van der Waals surface area contributed by atoms with E-state index in [1.165, 1.54) is 5.69 Å². The minimum Gasteiger partial charge on any atom is -0.352 e. The lowest BCUT2D eigenvalue weighted by Gasteiger charge is -2.39. The normalized spacial score (nSPS) is 21.2. The molecule has 4 rings (SSSR count). The fraction of sp³-hybridized carbons (Fsp3) is 0.444. The van der Waals surface area contributed by atoms with Gasteiger partial charge in [-0.2, -0.15) is 10.2 Å². The van der Waals surface area contributed by atoms with Gasteiger partial charge in [-0.25, -0.2) is 9.50 Å². The lowest BCUT2D eigenvalue weighted by atomic mass is 9.87. The Balaban J connectivity index is 1.50. The molecule has 0 aliphatic carbocycles. The Kier molecular flexibility index (Phi) is 4.42. The van der Waals surface area contributed by atoms with Crippen molar-refractivity contribution < 1.29 is 4.79 Å². The maximum Gasteiger partial charge on any atom is 0.256 e. The summed E-state index contributed by atoms with van der Waals surface area (Å²) in [5, 5.41) is 11.6. The van der Waals surface area contributed by atoms with Crippen molar-refractivity contribution in [1.82, 2.24) is 34.6 Å². The Morgan fingerprint density at radius 3 is 3.00 bits per heavy atom. The highest BCUT2D eigenvalue weighted by Gasteiger charge is 2.32. The van der Waals surface area contributed by atoms with E-state index >= 15 is 0 Å². The molecule has 1 aliphatic rings. The number of nitrogens with one attached hydrogen (secondary N) is 1. The van der Waals surface area contributed by atoms with Crippen LogP contribution in [-0.4, -0.2) is 55.3 Å². The van der Waals surface area contributed by atoms with Crippen LogP contribution in [0.2, 0.25) is 0 Å².